The third kappa shape index (κ3) is 4.82. The van der Waals surface area contributed by atoms with E-state index in [4.69, 9.17) is 10.5 Å². The van der Waals surface area contributed by atoms with Gasteiger partial charge < -0.3 is 10.5 Å². The van der Waals surface area contributed by atoms with E-state index in [0.717, 1.165) is 35.4 Å². The number of nitrogens with two attached hydrogens (primary N) is 1. The first kappa shape index (κ1) is 20.8. The van der Waals surface area contributed by atoms with Crippen molar-refractivity contribution in [1.29, 1.82) is 0 Å². The number of thiazole rings is 1. The fourth-order valence-electron chi connectivity index (χ4n) is 3.09. The van der Waals surface area contributed by atoms with Crippen molar-refractivity contribution in [2.45, 2.75) is 51.7 Å². The fourth-order valence-corrected chi connectivity index (χ4v) is 3.93. The summed E-state index contributed by atoms with van der Waals surface area (Å²) in [5.74, 6) is -0.130. The van der Waals surface area contributed by atoms with Gasteiger partial charge in [-0.15, -0.1) is 23.7 Å². The Morgan fingerprint density at radius 1 is 1.35 bits per heavy atom. The largest absolute Gasteiger partial charge is 0.364 e. The lowest BCUT2D eigenvalue weighted by Gasteiger charge is -2.11. The summed E-state index contributed by atoms with van der Waals surface area (Å²) in [4.78, 5) is 18.0. The molecule has 1 amide bonds. The summed E-state index contributed by atoms with van der Waals surface area (Å²) in [5.41, 5.74) is 8.94. The average molecular weight is 396 g/mol. The summed E-state index contributed by atoms with van der Waals surface area (Å²) in [6.07, 6.45) is 3.34. The molecule has 1 aromatic carbocycles. The summed E-state index contributed by atoms with van der Waals surface area (Å²) in [7, 11) is 0. The molecule has 2 atom stereocenters. The third-order valence-electron chi connectivity index (χ3n) is 4.46. The number of carbonyl (C=O) groups is 1. The second-order valence-electron chi connectivity index (χ2n) is 6.42. The highest BCUT2D eigenvalue weighted by Gasteiger charge is 2.30. The molecule has 3 rings (SSSR count). The number of hydrogen-bond donors (Lipinski definition) is 2. The van der Waals surface area contributed by atoms with Crippen LogP contribution >= 0.6 is 23.7 Å². The Hall–Kier alpha value is -1.47. The molecule has 0 radical (unpaired) electrons. The molecule has 0 saturated carbocycles. The van der Waals surface area contributed by atoms with Crippen LogP contribution in [-0.4, -0.2) is 29.6 Å². The van der Waals surface area contributed by atoms with Crippen molar-refractivity contribution in [2.24, 2.45) is 5.73 Å². The second kappa shape index (κ2) is 9.46. The minimum absolute atomic E-state index is 0. The number of nitrogens with one attached hydrogen (secondary N) is 1. The highest BCUT2D eigenvalue weighted by atomic mass is 35.5. The summed E-state index contributed by atoms with van der Waals surface area (Å²) < 4.78 is 5.64. The van der Waals surface area contributed by atoms with Gasteiger partial charge in [-0.1, -0.05) is 37.6 Å². The van der Waals surface area contributed by atoms with E-state index in [1.807, 2.05) is 6.92 Å². The van der Waals surface area contributed by atoms with Crippen molar-refractivity contribution in [3.8, 4) is 11.3 Å². The molecule has 0 aliphatic carbocycles. The fraction of sp³-hybridized carbons (Fsp3) is 0.474. The van der Waals surface area contributed by atoms with Crippen molar-refractivity contribution >= 4 is 34.8 Å². The first-order valence-electron chi connectivity index (χ1n) is 8.83. The maximum absolute atomic E-state index is 12.3. The minimum Gasteiger partial charge on any atom is -0.364 e. The average Bonchev–Trinajstić information content (AvgIpc) is 3.22. The smallest absolute Gasteiger partial charge is 0.255 e. The molecule has 0 spiro atoms. The van der Waals surface area contributed by atoms with Crippen LogP contribution in [0.4, 0.5) is 5.13 Å². The first-order valence-corrected chi connectivity index (χ1v) is 9.65. The van der Waals surface area contributed by atoms with Gasteiger partial charge in [-0.3, -0.25) is 10.1 Å². The molecule has 1 fully saturated rings. The van der Waals surface area contributed by atoms with Gasteiger partial charge in [0.1, 0.15) is 6.10 Å². The molecule has 142 valence electrons. The van der Waals surface area contributed by atoms with Gasteiger partial charge in [0, 0.05) is 17.0 Å². The number of amides is 1. The van der Waals surface area contributed by atoms with E-state index in [1.165, 1.54) is 16.9 Å². The summed E-state index contributed by atoms with van der Waals surface area (Å²) in [5, 5.41) is 3.51. The van der Waals surface area contributed by atoms with E-state index >= 15 is 0 Å². The summed E-state index contributed by atoms with van der Waals surface area (Å²) in [6, 6.07) is 8.50. The van der Waals surface area contributed by atoms with Gasteiger partial charge in [-0.25, -0.2) is 4.98 Å². The standard InChI is InChI=1S/C19H25N3O2S.ClH/c1-3-4-13-5-7-14(8-6-13)17-12(2)25-19(21-17)22-18(23)16-10-9-15(11-20)24-16;/h5-8,15-16H,3-4,9-11,20H2,1-2H3,(H,21,22,23);1H/t15-,16+;/m1./s1. The molecule has 1 aliphatic rings. The maximum atomic E-state index is 12.3. The zero-order chi connectivity index (χ0) is 17.8. The maximum Gasteiger partial charge on any atom is 0.255 e. The Morgan fingerprint density at radius 3 is 2.69 bits per heavy atom. The molecule has 3 N–H and O–H groups in total. The van der Waals surface area contributed by atoms with Crippen molar-refractivity contribution < 1.29 is 9.53 Å². The van der Waals surface area contributed by atoms with E-state index in [-0.39, 0.29) is 24.4 Å². The lowest BCUT2D eigenvalue weighted by Crippen LogP contribution is -2.29. The molecule has 2 heterocycles. The zero-order valence-electron chi connectivity index (χ0n) is 15.2. The molecule has 5 nitrogen and oxygen atoms in total. The van der Waals surface area contributed by atoms with Gasteiger partial charge in [0.2, 0.25) is 0 Å². The molecule has 1 saturated heterocycles. The Balaban J connectivity index is 0.00000243. The van der Waals surface area contributed by atoms with Gasteiger partial charge in [0.05, 0.1) is 11.8 Å². The lowest BCUT2D eigenvalue weighted by molar-refractivity contribution is -0.126. The second-order valence-corrected chi connectivity index (χ2v) is 7.62. The van der Waals surface area contributed by atoms with Crippen LogP contribution in [0.1, 0.15) is 36.6 Å². The van der Waals surface area contributed by atoms with E-state index < -0.39 is 6.10 Å². The molecule has 7 heteroatoms. The molecule has 0 unspecified atom stereocenters. The number of halogens is 1. The van der Waals surface area contributed by atoms with Crippen molar-refractivity contribution in [2.75, 3.05) is 11.9 Å². The third-order valence-corrected chi connectivity index (χ3v) is 5.34. The number of anilines is 1. The van der Waals surface area contributed by atoms with Crippen LogP contribution in [0.3, 0.4) is 0 Å². The molecule has 26 heavy (non-hydrogen) atoms. The number of carbonyl (C=O) groups excluding carboxylic acids is 1. The molecule has 1 aromatic heterocycles. The lowest BCUT2D eigenvalue weighted by atomic mass is 10.1. The van der Waals surface area contributed by atoms with Gasteiger partial charge in [0.25, 0.3) is 5.91 Å². The molecular formula is C19H26ClN3O2S. The quantitative estimate of drug-likeness (QED) is 0.776. The predicted octanol–water partition coefficient (Wildman–Crippen LogP) is 3.94. The highest BCUT2D eigenvalue weighted by Crippen LogP contribution is 2.31. The van der Waals surface area contributed by atoms with Crippen LogP contribution in [-0.2, 0) is 16.0 Å². The Bertz CT molecular complexity index is 733. The monoisotopic (exact) mass is 395 g/mol. The van der Waals surface area contributed by atoms with Crippen molar-refractivity contribution in [3.63, 3.8) is 0 Å². The molecule has 1 aliphatic heterocycles. The molecule has 0 bridgehead atoms. The minimum atomic E-state index is -0.422. The number of benzene rings is 1. The van der Waals surface area contributed by atoms with Crippen LogP contribution in [0.15, 0.2) is 24.3 Å². The summed E-state index contributed by atoms with van der Waals surface area (Å²) in [6.45, 7) is 4.66. The van der Waals surface area contributed by atoms with Crippen LogP contribution < -0.4 is 11.1 Å². The Morgan fingerprint density at radius 2 is 2.08 bits per heavy atom. The molecular weight excluding hydrogens is 370 g/mol. The number of nitrogens with zero attached hydrogens (tertiary/aromatic N) is 1. The first-order chi connectivity index (χ1) is 12.1. The van der Waals surface area contributed by atoms with Gasteiger partial charge in [-0.2, -0.15) is 0 Å². The number of aryl methyl sites for hydroxylation is 2. The number of ether oxygens (including phenoxy) is 1. The Labute approximate surface area is 164 Å². The Kier molecular flexibility index (Phi) is 7.58. The van der Waals surface area contributed by atoms with Crippen LogP contribution in [0, 0.1) is 6.92 Å². The van der Waals surface area contributed by atoms with E-state index in [0.29, 0.717) is 18.1 Å². The number of hydrogen-bond acceptors (Lipinski definition) is 5. The summed E-state index contributed by atoms with van der Waals surface area (Å²) >= 11 is 1.49. The van der Waals surface area contributed by atoms with Crippen molar-refractivity contribution in [1.82, 2.24) is 4.98 Å². The SMILES string of the molecule is CCCc1ccc(-c2nc(NC(=O)[C@@H]3CC[C@H](CN)O3)sc2C)cc1.Cl. The predicted molar refractivity (Wildman–Crippen MR) is 109 cm³/mol. The van der Waals surface area contributed by atoms with Gasteiger partial charge >= 0.3 is 0 Å². The molecule has 2 aromatic rings. The van der Waals surface area contributed by atoms with Gasteiger partial charge in [0.15, 0.2) is 5.13 Å². The number of aromatic nitrogens is 1. The normalized spacial score (nSPS) is 19.2. The zero-order valence-corrected chi connectivity index (χ0v) is 16.8. The number of rotatable bonds is 6. The van der Waals surface area contributed by atoms with Crippen molar-refractivity contribution in [3.05, 3.63) is 34.7 Å². The highest BCUT2D eigenvalue weighted by molar-refractivity contribution is 7.16. The van der Waals surface area contributed by atoms with E-state index in [2.05, 4.69) is 41.5 Å². The van der Waals surface area contributed by atoms with Crippen LogP contribution in [0.5, 0.6) is 0 Å². The van der Waals surface area contributed by atoms with Gasteiger partial charge in [-0.05, 0) is 31.7 Å². The van der Waals surface area contributed by atoms with E-state index in [1.54, 1.807) is 0 Å². The topological polar surface area (TPSA) is 77.2 Å². The van der Waals surface area contributed by atoms with E-state index in [9.17, 15) is 4.79 Å². The van der Waals surface area contributed by atoms with Crippen LogP contribution in [0.2, 0.25) is 0 Å². The van der Waals surface area contributed by atoms with Crippen LogP contribution in [0.25, 0.3) is 11.3 Å².